The number of benzene rings is 3. The fourth-order valence-corrected chi connectivity index (χ4v) is 7.06. The van der Waals surface area contributed by atoms with Crippen LogP contribution < -0.4 is 0 Å². The lowest BCUT2D eigenvalue weighted by molar-refractivity contribution is 0.441. The van der Waals surface area contributed by atoms with Gasteiger partial charge in [-0.2, -0.15) is 4.31 Å². The van der Waals surface area contributed by atoms with Crippen molar-refractivity contribution in [3.8, 4) is 0 Å². The molecule has 0 N–H and O–H groups in total. The number of hydrogen-bond acceptors (Lipinski definition) is 3. The van der Waals surface area contributed by atoms with Gasteiger partial charge in [0.1, 0.15) is 4.90 Å². The number of para-hydroxylation sites is 2. The Morgan fingerprint density at radius 1 is 0.892 bits per heavy atom. The van der Waals surface area contributed by atoms with E-state index in [9.17, 15) is 8.42 Å². The van der Waals surface area contributed by atoms with Gasteiger partial charge in [0.2, 0.25) is 10.0 Å². The van der Waals surface area contributed by atoms with Crippen molar-refractivity contribution in [2.24, 2.45) is 0 Å². The van der Waals surface area contributed by atoms with Crippen molar-refractivity contribution < 1.29 is 8.42 Å². The molecule has 0 bridgehead atoms. The Hall–Kier alpha value is -3.74. The maximum absolute atomic E-state index is 13.6. The summed E-state index contributed by atoms with van der Waals surface area (Å²) in [4.78, 5) is 4.64. The zero-order chi connectivity index (χ0) is 25.6. The number of aryl methyl sites for hydroxylation is 1. The minimum absolute atomic E-state index is 0.272. The van der Waals surface area contributed by atoms with E-state index in [1.165, 1.54) is 38.9 Å². The van der Waals surface area contributed by atoms with E-state index in [0.717, 1.165) is 11.9 Å². The van der Waals surface area contributed by atoms with E-state index in [-0.39, 0.29) is 4.90 Å². The van der Waals surface area contributed by atoms with Crippen molar-refractivity contribution >= 4 is 37.4 Å². The summed E-state index contributed by atoms with van der Waals surface area (Å²) in [6, 6.07) is 26.1. The predicted molar refractivity (Wildman–Crippen MR) is 150 cm³/mol. The minimum Gasteiger partial charge on any atom is -0.340 e. The zero-order valence-corrected chi connectivity index (χ0v) is 21.9. The highest BCUT2D eigenvalue weighted by molar-refractivity contribution is 7.89. The van der Waals surface area contributed by atoms with Crippen LogP contribution in [0, 0.1) is 13.8 Å². The Balaban J connectivity index is 1.36. The number of sulfonamides is 1. The van der Waals surface area contributed by atoms with Crippen molar-refractivity contribution in [1.29, 1.82) is 0 Å². The van der Waals surface area contributed by atoms with Gasteiger partial charge in [-0.05, 0) is 55.2 Å². The number of fused-ring (bicyclic) bond motifs is 2. The second-order valence-corrected chi connectivity index (χ2v) is 11.6. The summed E-state index contributed by atoms with van der Waals surface area (Å²) in [5, 5.41) is 2.04. The monoisotopic (exact) mass is 507 g/mol. The number of aromatic nitrogens is 2. The average molecular weight is 508 g/mol. The van der Waals surface area contributed by atoms with E-state index in [1.807, 2.05) is 18.2 Å². The third-order valence-corrected chi connectivity index (χ3v) is 9.42. The molecule has 5 nitrogen and oxygen atoms in total. The van der Waals surface area contributed by atoms with Crippen LogP contribution >= 0.6 is 0 Å². The normalized spacial score (nSPS) is 14.8. The van der Waals surface area contributed by atoms with E-state index < -0.39 is 10.0 Å². The van der Waals surface area contributed by atoms with Gasteiger partial charge in [0.05, 0.1) is 5.52 Å². The van der Waals surface area contributed by atoms with E-state index in [2.05, 4.69) is 78.0 Å². The number of pyridine rings is 1. The van der Waals surface area contributed by atoms with Gasteiger partial charge < -0.3 is 4.57 Å². The summed E-state index contributed by atoms with van der Waals surface area (Å²) < 4.78 is 31.2. The molecule has 6 heteroatoms. The first-order chi connectivity index (χ1) is 17.9. The molecule has 0 saturated heterocycles. The topological polar surface area (TPSA) is 55.2 Å². The van der Waals surface area contributed by atoms with Gasteiger partial charge in [0, 0.05) is 53.4 Å². The zero-order valence-electron chi connectivity index (χ0n) is 21.1. The first-order valence-electron chi connectivity index (χ1n) is 12.6. The molecule has 1 aliphatic heterocycles. The van der Waals surface area contributed by atoms with Crippen molar-refractivity contribution in [1.82, 2.24) is 13.9 Å². The molecular formula is C31H29N3O2S. The number of hydrogen-bond donors (Lipinski definition) is 0. The second kappa shape index (κ2) is 9.29. The highest BCUT2D eigenvalue weighted by Crippen LogP contribution is 2.36. The average Bonchev–Trinajstić information content (AvgIpc) is 3.20. The summed E-state index contributed by atoms with van der Waals surface area (Å²) in [7, 11) is -3.67. The Kier molecular flexibility index (Phi) is 5.94. The van der Waals surface area contributed by atoms with E-state index in [4.69, 9.17) is 0 Å². The van der Waals surface area contributed by atoms with Gasteiger partial charge in [-0.15, -0.1) is 0 Å². The molecule has 0 atom stereocenters. The van der Waals surface area contributed by atoms with Crippen LogP contribution in [-0.4, -0.2) is 35.4 Å². The highest BCUT2D eigenvalue weighted by atomic mass is 32.2. The molecule has 0 radical (unpaired) electrons. The smallest absolute Gasteiger partial charge is 0.245 e. The first kappa shape index (κ1) is 23.6. The number of nitrogens with zero attached hydrogens (tertiary/aromatic N) is 3. The van der Waals surface area contributed by atoms with Crippen LogP contribution in [0.4, 0.5) is 0 Å². The van der Waals surface area contributed by atoms with Crippen LogP contribution in [0.5, 0.6) is 0 Å². The maximum Gasteiger partial charge on any atom is 0.245 e. The Morgan fingerprint density at radius 2 is 1.68 bits per heavy atom. The fourth-order valence-electron chi connectivity index (χ4n) is 5.52. The molecular weight excluding hydrogens is 478 g/mol. The molecule has 37 heavy (non-hydrogen) atoms. The van der Waals surface area contributed by atoms with Crippen LogP contribution in [0.25, 0.3) is 27.4 Å². The fraction of sp³-hybridized carbons (Fsp3) is 0.194. The van der Waals surface area contributed by atoms with Crippen molar-refractivity contribution in [2.45, 2.75) is 31.7 Å². The quantitative estimate of drug-likeness (QED) is 0.279. The van der Waals surface area contributed by atoms with Gasteiger partial charge in [0.15, 0.2) is 0 Å². The van der Waals surface area contributed by atoms with Crippen LogP contribution in [0.1, 0.15) is 28.8 Å². The molecule has 0 saturated carbocycles. The Morgan fingerprint density at radius 3 is 2.49 bits per heavy atom. The molecule has 0 fully saturated rings. The van der Waals surface area contributed by atoms with Gasteiger partial charge >= 0.3 is 0 Å². The Labute approximate surface area is 217 Å². The lowest BCUT2D eigenvalue weighted by atomic mass is 9.97. The Bertz CT molecular complexity index is 1780. The highest BCUT2D eigenvalue weighted by Gasteiger charge is 2.29. The SMILES string of the molecule is Cc1ccccc1Cn1c(C)c(C2=CCN(S(=O)(=O)c3cccc4cccnc34)CC2)c2ccccc21. The third-order valence-electron chi connectivity index (χ3n) is 7.53. The lowest BCUT2D eigenvalue weighted by Gasteiger charge is -2.26. The molecule has 186 valence electrons. The summed E-state index contributed by atoms with van der Waals surface area (Å²) in [6.07, 6.45) is 4.40. The van der Waals surface area contributed by atoms with Crippen molar-refractivity contribution in [2.75, 3.05) is 13.1 Å². The lowest BCUT2D eigenvalue weighted by Crippen LogP contribution is -2.34. The third kappa shape index (κ3) is 4.06. The first-order valence-corrected chi connectivity index (χ1v) is 14.0. The van der Waals surface area contributed by atoms with E-state index in [0.29, 0.717) is 25.0 Å². The summed E-state index contributed by atoms with van der Waals surface area (Å²) >= 11 is 0. The molecule has 0 aliphatic carbocycles. The van der Waals surface area contributed by atoms with Gasteiger partial charge in [-0.3, -0.25) is 4.98 Å². The molecule has 3 heterocycles. The van der Waals surface area contributed by atoms with Crippen molar-refractivity contribution in [3.63, 3.8) is 0 Å². The summed E-state index contributed by atoms with van der Waals surface area (Å²) in [5.74, 6) is 0. The number of rotatable bonds is 5. The van der Waals surface area contributed by atoms with Gasteiger partial charge in [0.25, 0.3) is 0 Å². The minimum atomic E-state index is -3.67. The summed E-state index contributed by atoms with van der Waals surface area (Å²) in [5.41, 5.74) is 7.96. The van der Waals surface area contributed by atoms with Gasteiger partial charge in [-0.25, -0.2) is 8.42 Å². The van der Waals surface area contributed by atoms with E-state index in [1.54, 1.807) is 22.6 Å². The molecule has 3 aromatic carbocycles. The van der Waals surface area contributed by atoms with Gasteiger partial charge in [-0.1, -0.05) is 66.7 Å². The molecule has 2 aromatic heterocycles. The van der Waals surface area contributed by atoms with Crippen LogP contribution in [0.15, 0.2) is 96.0 Å². The van der Waals surface area contributed by atoms with E-state index >= 15 is 0 Å². The molecule has 5 aromatic rings. The van der Waals surface area contributed by atoms with Crippen molar-refractivity contribution in [3.05, 3.63) is 114 Å². The van der Waals surface area contributed by atoms with Crippen LogP contribution in [0.3, 0.4) is 0 Å². The summed E-state index contributed by atoms with van der Waals surface area (Å²) in [6.45, 7) is 5.92. The van der Waals surface area contributed by atoms with Crippen LogP contribution in [0.2, 0.25) is 0 Å². The largest absolute Gasteiger partial charge is 0.340 e. The molecule has 0 spiro atoms. The maximum atomic E-state index is 13.6. The molecule has 0 amide bonds. The molecule has 0 unspecified atom stereocenters. The standard InChI is InChI=1S/C31H29N3O2S/c1-22-9-3-4-10-26(22)21-34-23(2)30(27-13-5-6-14-28(27)34)24-16-19-33(20-17-24)37(35,36)29-15-7-11-25-12-8-18-32-31(25)29/h3-16,18H,17,19-21H2,1-2H3. The molecule has 1 aliphatic rings. The second-order valence-electron chi connectivity index (χ2n) is 9.66. The predicted octanol–water partition coefficient (Wildman–Crippen LogP) is 6.33. The molecule has 6 rings (SSSR count). The van der Waals surface area contributed by atoms with Crippen LogP contribution in [-0.2, 0) is 16.6 Å².